The molecule has 0 amide bonds. The molecule has 272 valence electrons. The van der Waals surface area contributed by atoms with Crippen molar-refractivity contribution in [2.24, 2.45) is 15.9 Å². The first-order valence-corrected chi connectivity index (χ1v) is 19.8. The highest BCUT2D eigenvalue weighted by Crippen LogP contribution is 2.70. The van der Waals surface area contributed by atoms with Gasteiger partial charge in [0.1, 0.15) is 0 Å². The Hall–Kier alpha value is -6.32. The van der Waals surface area contributed by atoms with Gasteiger partial charge >= 0.3 is 0 Å². The quantitative estimate of drug-likeness (QED) is 0.151. The average Bonchev–Trinajstić information content (AvgIpc) is 3.79. The Labute approximate surface area is 330 Å². The van der Waals surface area contributed by atoms with Gasteiger partial charge in [-0.15, -0.1) is 0 Å². The van der Waals surface area contributed by atoms with Crippen LogP contribution in [0.2, 0.25) is 0 Å². The van der Waals surface area contributed by atoms with Crippen LogP contribution in [0.4, 0.5) is 11.4 Å². The smallest absolute Gasteiger partial charge is 0.0717 e. The van der Waals surface area contributed by atoms with Gasteiger partial charge in [0, 0.05) is 39.9 Å². The van der Waals surface area contributed by atoms with Gasteiger partial charge in [0.15, 0.2) is 0 Å². The minimum Gasteiger partial charge on any atom is -0.313 e. The molecule has 3 aliphatic carbocycles. The first-order chi connectivity index (χ1) is 27.3. The maximum absolute atomic E-state index is 5.12. The standard InChI is InChI=1S/C53H45N3/c1-52(2)41-28-15-12-25-38(41)46-47-39-26-13-16-29-42(39)53(3,4)50(47)51-48(49(46)52)40-27-14-17-30-45(40)56(51)37-24-18-23-36(31-37)43(54-5)32-44(35-21-10-7-11-22-35)55-33-34-19-8-6-9-20-34/h6-32,48-49H,5,33H2,1-4H3/b43-32-,55-44?. The van der Waals surface area contributed by atoms with E-state index in [9.17, 15) is 0 Å². The van der Waals surface area contributed by atoms with Gasteiger partial charge in [-0.3, -0.25) is 9.98 Å². The lowest BCUT2D eigenvalue weighted by atomic mass is 9.63. The summed E-state index contributed by atoms with van der Waals surface area (Å²) < 4.78 is 0. The maximum Gasteiger partial charge on any atom is 0.0717 e. The molecule has 6 aromatic carbocycles. The van der Waals surface area contributed by atoms with E-state index in [1.165, 1.54) is 55.9 Å². The summed E-state index contributed by atoms with van der Waals surface area (Å²) in [5.74, 6) is 0.450. The van der Waals surface area contributed by atoms with E-state index in [-0.39, 0.29) is 22.7 Å². The predicted octanol–water partition coefficient (Wildman–Crippen LogP) is 12.7. The van der Waals surface area contributed by atoms with Crippen molar-refractivity contribution < 1.29 is 0 Å². The first kappa shape index (κ1) is 34.2. The van der Waals surface area contributed by atoms with Crippen LogP contribution < -0.4 is 4.90 Å². The molecule has 2 atom stereocenters. The normalized spacial score (nSPS) is 19.9. The molecule has 3 nitrogen and oxygen atoms in total. The molecule has 2 unspecified atom stereocenters. The molecule has 1 heterocycles. The van der Waals surface area contributed by atoms with Gasteiger partial charge < -0.3 is 4.90 Å². The molecule has 0 bridgehead atoms. The van der Waals surface area contributed by atoms with Gasteiger partial charge in [0.2, 0.25) is 0 Å². The van der Waals surface area contributed by atoms with E-state index in [4.69, 9.17) is 4.99 Å². The molecule has 56 heavy (non-hydrogen) atoms. The van der Waals surface area contributed by atoms with Gasteiger partial charge in [-0.25, -0.2) is 0 Å². The predicted molar refractivity (Wildman–Crippen MR) is 235 cm³/mol. The van der Waals surface area contributed by atoms with E-state index >= 15 is 0 Å². The number of fused-ring (bicyclic) bond motifs is 10. The molecule has 1 aliphatic heterocycles. The number of hydrogen-bond donors (Lipinski definition) is 0. The first-order valence-electron chi connectivity index (χ1n) is 19.8. The van der Waals surface area contributed by atoms with Crippen LogP contribution in [0, 0.1) is 5.92 Å². The van der Waals surface area contributed by atoms with Crippen molar-refractivity contribution in [1.82, 2.24) is 0 Å². The maximum atomic E-state index is 5.12. The number of benzene rings is 6. The number of hydrogen-bond acceptors (Lipinski definition) is 3. The van der Waals surface area contributed by atoms with E-state index < -0.39 is 0 Å². The fourth-order valence-corrected chi connectivity index (χ4v) is 10.4. The second-order valence-corrected chi connectivity index (χ2v) is 16.6. The number of anilines is 2. The zero-order chi connectivity index (χ0) is 38.2. The van der Waals surface area contributed by atoms with E-state index in [0.717, 1.165) is 33.8 Å². The van der Waals surface area contributed by atoms with Gasteiger partial charge in [0.25, 0.3) is 0 Å². The molecular formula is C53H45N3. The Bertz CT molecular complexity index is 2690. The van der Waals surface area contributed by atoms with E-state index in [1.807, 2.05) is 12.1 Å². The van der Waals surface area contributed by atoms with Crippen LogP contribution in [-0.4, -0.2) is 12.4 Å². The van der Waals surface area contributed by atoms with Crippen molar-refractivity contribution >= 4 is 40.6 Å². The highest BCUT2D eigenvalue weighted by atomic mass is 15.2. The monoisotopic (exact) mass is 723 g/mol. The molecule has 6 aromatic rings. The Morgan fingerprint density at radius 3 is 2.09 bits per heavy atom. The molecule has 0 saturated carbocycles. The Morgan fingerprint density at radius 2 is 1.32 bits per heavy atom. The molecule has 0 N–H and O–H groups in total. The summed E-state index contributed by atoms with van der Waals surface area (Å²) in [5, 5.41) is 0. The van der Waals surface area contributed by atoms with Gasteiger partial charge in [-0.2, -0.15) is 0 Å². The molecule has 0 fully saturated rings. The van der Waals surface area contributed by atoms with Crippen molar-refractivity contribution in [3.05, 3.63) is 220 Å². The van der Waals surface area contributed by atoms with Crippen molar-refractivity contribution in [1.29, 1.82) is 0 Å². The van der Waals surface area contributed by atoms with Gasteiger partial charge in [-0.1, -0.05) is 167 Å². The zero-order valence-corrected chi connectivity index (χ0v) is 32.5. The zero-order valence-electron chi connectivity index (χ0n) is 32.5. The lowest BCUT2D eigenvalue weighted by molar-refractivity contribution is 0.375. The van der Waals surface area contributed by atoms with Gasteiger partial charge in [0.05, 0.1) is 18.0 Å². The Kier molecular flexibility index (Phi) is 7.87. The number of rotatable bonds is 7. The van der Waals surface area contributed by atoms with Crippen molar-refractivity contribution in [2.45, 2.75) is 51.0 Å². The Balaban J connectivity index is 1.18. The van der Waals surface area contributed by atoms with Crippen LogP contribution in [0.15, 0.2) is 185 Å². The van der Waals surface area contributed by atoms with Crippen LogP contribution in [-0.2, 0) is 17.4 Å². The lowest BCUT2D eigenvalue weighted by Crippen LogP contribution is -2.35. The second kappa shape index (κ2) is 12.9. The summed E-state index contributed by atoms with van der Waals surface area (Å²) in [6.45, 7) is 14.5. The highest BCUT2D eigenvalue weighted by molar-refractivity contribution is 6.13. The third-order valence-electron chi connectivity index (χ3n) is 12.8. The number of aliphatic imine (C=N–C) groups is 2. The molecule has 0 spiro atoms. The minimum atomic E-state index is -0.204. The van der Waals surface area contributed by atoms with Crippen molar-refractivity contribution in [2.75, 3.05) is 4.90 Å². The molecule has 3 heteroatoms. The molecular weight excluding hydrogens is 679 g/mol. The molecule has 4 aliphatic rings. The molecule has 10 rings (SSSR count). The van der Waals surface area contributed by atoms with E-state index in [0.29, 0.717) is 6.54 Å². The van der Waals surface area contributed by atoms with Crippen LogP contribution in [0.25, 0.3) is 16.8 Å². The number of allylic oxidation sites excluding steroid dienone is 5. The minimum absolute atomic E-state index is 0.0807. The summed E-state index contributed by atoms with van der Waals surface area (Å²) in [6, 6.07) is 57.1. The van der Waals surface area contributed by atoms with Gasteiger partial charge in [-0.05, 0) is 92.1 Å². The largest absolute Gasteiger partial charge is 0.313 e. The van der Waals surface area contributed by atoms with Crippen LogP contribution in [0.5, 0.6) is 0 Å². The highest BCUT2D eigenvalue weighted by Gasteiger charge is 2.59. The van der Waals surface area contributed by atoms with Crippen molar-refractivity contribution in [3.8, 4) is 0 Å². The second-order valence-electron chi connectivity index (χ2n) is 16.6. The lowest BCUT2D eigenvalue weighted by Gasteiger charge is -2.42. The number of para-hydroxylation sites is 1. The SMILES string of the molecule is C=N/C(=C\C(=NCc1ccccc1)c1ccccc1)c1cccc(N2C3=C4C(=C5c6ccccc6C(C)(C)C5C3c3ccccc32)c2ccccc2C4(C)C)c1. The van der Waals surface area contributed by atoms with E-state index in [2.05, 4.69) is 196 Å². The third-order valence-corrected chi connectivity index (χ3v) is 12.8. The van der Waals surface area contributed by atoms with Crippen LogP contribution in [0.3, 0.4) is 0 Å². The third kappa shape index (κ3) is 5.03. The number of nitrogens with zero attached hydrogens (tertiary/aromatic N) is 3. The average molecular weight is 724 g/mol. The fourth-order valence-electron chi connectivity index (χ4n) is 10.4. The van der Waals surface area contributed by atoms with Crippen molar-refractivity contribution in [3.63, 3.8) is 0 Å². The summed E-state index contributed by atoms with van der Waals surface area (Å²) in [6.07, 6.45) is 2.09. The molecule has 0 aromatic heterocycles. The molecule has 0 saturated heterocycles. The Morgan fingerprint density at radius 1 is 0.679 bits per heavy atom. The van der Waals surface area contributed by atoms with Crippen LogP contribution in [0.1, 0.15) is 78.1 Å². The topological polar surface area (TPSA) is 28.0 Å². The summed E-state index contributed by atoms with van der Waals surface area (Å²) in [7, 11) is 0. The summed E-state index contributed by atoms with van der Waals surface area (Å²) in [5.41, 5.74) is 19.8. The summed E-state index contributed by atoms with van der Waals surface area (Å²) >= 11 is 0. The van der Waals surface area contributed by atoms with E-state index in [1.54, 1.807) is 0 Å². The summed E-state index contributed by atoms with van der Waals surface area (Å²) in [4.78, 5) is 12.4. The van der Waals surface area contributed by atoms with Crippen LogP contribution >= 0.6 is 0 Å². The fraction of sp³-hybridized carbons (Fsp3) is 0.170. The molecule has 0 radical (unpaired) electrons.